The van der Waals surface area contributed by atoms with Crippen LogP contribution < -0.4 is 0 Å². The lowest BCUT2D eigenvalue weighted by Gasteiger charge is -2.14. The number of carbonyl (C=O) groups excluding carboxylic acids is 1. The third-order valence-corrected chi connectivity index (χ3v) is 2.44. The molecular weight excluding hydrogens is 164 g/mol. The molecule has 0 bridgehead atoms. The molecule has 0 unspecified atom stereocenters. The van der Waals surface area contributed by atoms with Gasteiger partial charge in [-0.25, -0.2) is 4.79 Å². The Morgan fingerprint density at radius 1 is 1.62 bits per heavy atom. The summed E-state index contributed by atoms with van der Waals surface area (Å²) in [6, 6.07) is 0. The summed E-state index contributed by atoms with van der Waals surface area (Å²) in [5.41, 5.74) is 1.61. The van der Waals surface area contributed by atoms with Crippen LogP contribution in [0.2, 0.25) is 0 Å². The summed E-state index contributed by atoms with van der Waals surface area (Å²) in [4.78, 5) is 11.1. The number of hydrogen-bond donors (Lipinski definition) is 0. The first kappa shape index (κ1) is 10.3. The van der Waals surface area contributed by atoms with Gasteiger partial charge in [0, 0.05) is 6.08 Å². The standard InChI is InChI=1S/C11H18O2/c1-4-13-10(12)7-9-5-6-11(2,3)8-9/h7H,4-6,8H2,1-3H3/b9-7+. The van der Waals surface area contributed by atoms with Crippen molar-refractivity contribution in [3.8, 4) is 0 Å². The monoisotopic (exact) mass is 182 g/mol. The molecule has 0 aromatic carbocycles. The van der Waals surface area contributed by atoms with Crippen molar-refractivity contribution in [3.63, 3.8) is 0 Å². The third-order valence-electron chi connectivity index (χ3n) is 2.44. The third kappa shape index (κ3) is 3.21. The molecule has 0 spiro atoms. The van der Waals surface area contributed by atoms with Crippen LogP contribution in [0, 0.1) is 5.41 Å². The van der Waals surface area contributed by atoms with Crippen LogP contribution in [0.15, 0.2) is 11.6 Å². The van der Waals surface area contributed by atoms with Crippen molar-refractivity contribution < 1.29 is 9.53 Å². The van der Waals surface area contributed by atoms with Crippen molar-refractivity contribution in [2.45, 2.75) is 40.0 Å². The van der Waals surface area contributed by atoms with E-state index in [1.807, 2.05) is 6.92 Å². The second-order valence-corrected chi connectivity index (χ2v) is 4.40. The van der Waals surface area contributed by atoms with Gasteiger partial charge in [-0.05, 0) is 31.6 Å². The van der Waals surface area contributed by atoms with E-state index in [2.05, 4.69) is 13.8 Å². The zero-order valence-electron chi connectivity index (χ0n) is 8.72. The highest BCUT2D eigenvalue weighted by atomic mass is 16.5. The summed E-state index contributed by atoms with van der Waals surface area (Å²) in [6.07, 6.45) is 4.92. The topological polar surface area (TPSA) is 26.3 Å². The Morgan fingerprint density at radius 2 is 2.31 bits per heavy atom. The highest BCUT2D eigenvalue weighted by molar-refractivity contribution is 5.82. The van der Waals surface area contributed by atoms with Gasteiger partial charge in [-0.2, -0.15) is 0 Å². The smallest absolute Gasteiger partial charge is 0.330 e. The molecule has 1 fully saturated rings. The molecule has 1 rings (SSSR count). The van der Waals surface area contributed by atoms with Gasteiger partial charge in [-0.3, -0.25) is 0 Å². The fourth-order valence-electron chi connectivity index (χ4n) is 1.76. The molecule has 0 aromatic rings. The van der Waals surface area contributed by atoms with E-state index in [-0.39, 0.29) is 5.97 Å². The molecule has 0 atom stereocenters. The molecular formula is C11H18O2. The van der Waals surface area contributed by atoms with Gasteiger partial charge in [0.1, 0.15) is 0 Å². The summed E-state index contributed by atoms with van der Waals surface area (Å²) < 4.78 is 4.86. The predicted octanol–water partition coefficient (Wildman–Crippen LogP) is 2.69. The minimum Gasteiger partial charge on any atom is -0.463 e. The number of ether oxygens (including phenoxy) is 1. The Labute approximate surface area is 80.0 Å². The van der Waals surface area contributed by atoms with Crippen LogP contribution in [-0.2, 0) is 9.53 Å². The second kappa shape index (κ2) is 3.95. The number of rotatable bonds is 2. The van der Waals surface area contributed by atoms with Crippen LogP contribution in [-0.4, -0.2) is 12.6 Å². The molecule has 0 radical (unpaired) electrons. The maximum absolute atomic E-state index is 11.1. The van der Waals surface area contributed by atoms with Crippen molar-refractivity contribution in [2.75, 3.05) is 6.61 Å². The van der Waals surface area contributed by atoms with E-state index >= 15 is 0 Å². The fraction of sp³-hybridized carbons (Fsp3) is 0.727. The van der Waals surface area contributed by atoms with E-state index in [1.54, 1.807) is 6.08 Å². The Balaban J connectivity index is 2.50. The maximum Gasteiger partial charge on any atom is 0.330 e. The van der Waals surface area contributed by atoms with Gasteiger partial charge in [0.05, 0.1) is 6.61 Å². The summed E-state index contributed by atoms with van der Waals surface area (Å²) >= 11 is 0. The van der Waals surface area contributed by atoms with Gasteiger partial charge in [0.15, 0.2) is 0 Å². The van der Waals surface area contributed by atoms with Crippen LogP contribution in [0.25, 0.3) is 0 Å². The van der Waals surface area contributed by atoms with E-state index in [1.165, 1.54) is 12.0 Å². The molecule has 2 nitrogen and oxygen atoms in total. The Morgan fingerprint density at radius 3 is 2.77 bits per heavy atom. The van der Waals surface area contributed by atoms with E-state index in [0.717, 1.165) is 12.8 Å². The molecule has 1 aliphatic carbocycles. The van der Waals surface area contributed by atoms with E-state index in [4.69, 9.17) is 4.74 Å². The molecule has 1 saturated carbocycles. The van der Waals surface area contributed by atoms with Crippen molar-refractivity contribution in [2.24, 2.45) is 5.41 Å². The number of allylic oxidation sites excluding steroid dienone is 1. The van der Waals surface area contributed by atoms with E-state index < -0.39 is 0 Å². The first-order chi connectivity index (χ1) is 6.03. The Bertz CT molecular complexity index is 226. The average molecular weight is 182 g/mol. The van der Waals surface area contributed by atoms with Crippen LogP contribution in [0.5, 0.6) is 0 Å². The summed E-state index contributed by atoms with van der Waals surface area (Å²) in [5, 5.41) is 0. The van der Waals surface area contributed by atoms with Crippen molar-refractivity contribution >= 4 is 5.97 Å². The minimum absolute atomic E-state index is 0.185. The largest absolute Gasteiger partial charge is 0.463 e. The molecule has 0 amide bonds. The summed E-state index contributed by atoms with van der Waals surface area (Å²) in [7, 11) is 0. The fourth-order valence-corrected chi connectivity index (χ4v) is 1.76. The zero-order chi connectivity index (χ0) is 9.90. The van der Waals surface area contributed by atoms with E-state index in [9.17, 15) is 4.79 Å². The number of esters is 1. The lowest BCUT2D eigenvalue weighted by atomic mass is 9.92. The average Bonchev–Trinajstić information content (AvgIpc) is 2.30. The van der Waals surface area contributed by atoms with Crippen LogP contribution in [0.3, 0.4) is 0 Å². The SMILES string of the molecule is CCOC(=O)/C=C1\CCC(C)(C)C1. The zero-order valence-corrected chi connectivity index (χ0v) is 8.72. The highest BCUT2D eigenvalue weighted by Gasteiger charge is 2.26. The summed E-state index contributed by atoms with van der Waals surface area (Å²) in [6.45, 7) is 6.76. The highest BCUT2D eigenvalue weighted by Crippen LogP contribution is 2.40. The first-order valence-corrected chi connectivity index (χ1v) is 4.90. The van der Waals surface area contributed by atoms with Gasteiger partial charge < -0.3 is 4.74 Å². The molecule has 1 aliphatic rings. The minimum atomic E-state index is -0.185. The number of carbonyl (C=O) groups is 1. The maximum atomic E-state index is 11.1. The van der Waals surface area contributed by atoms with Crippen molar-refractivity contribution in [3.05, 3.63) is 11.6 Å². The van der Waals surface area contributed by atoms with Crippen LogP contribution in [0.4, 0.5) is 0 Å². The Kier molecular flexibility index (Phi) is 3.12. The van der Waals surface area contributed by atoms with Gasteiger partial charge in [0.2, 0.25) is 0 Å². The molecule has 2 heteroatoms. The quantitative estimate of drug-likeness (QED) is 0.485. The van der Waals surface area contributed by atoms with Gasteiger partial charge in [-0.1, -0.05) is 19.4 Å². The molecule has 0 N–H and O–H groups in total. The van der Waals surface area contributed by atoms with Crippen LogP contribution in [0.1, 0.15) is 40.0 Å². The lowest BCUT2D eigenvalue weighted by molar-refractivity contribution is -0.137. The molecule has 0 heterocycles. The molecule has 0 aliphatic heterocycles. The van der Waals surface area contributed by atoms with Gasteiger partial charge in [0.25, 0.3) is 0 Å². The number of hydrogen-bond acceptors (Lipinski definition) is 2. The molecule has 0 aromatic heterocycles. The van der Waals surface area contributed by atoms with Crippen LogP contribution >= 0.6 is 0 Å². The van der Waals surface area contributed by atoms with Gasteiger partial charge >= 0.3 is 5.97 Å². The first-order valence-electron chi connectivity index (χ1n) is 4.90. The second-order valence-electron chi connectivity index (χ2n) is 4.40. The van der Waals surface area contributed by atoms with Crippen molar-refractivity contribution in [1.29, 1.82) is 0 Å². The Hall–Kier alpha value is -0.790. The molecule has 13 heavy (non-hydrogen) atoms. The molecule has 0 saturated heterocycles. The molecule has 74 valence electrons. The summed E-state index contributed by atoms with van der Waals surface area (Å²) in [5.74, 6) is -0.185. The van der Waals surface area contributed by atoms with E-state index in [0.29, 0.717) is 12.0 Å². The lowest BCUT2D eigenvalue weighted by Crippen LogP contribution is -2.03. The van der Waals surface area contributed by atoms with Gasteiger partial charge in [-0.15, -0.1) is 0 Å². The normalized spacial score (nSPS) is 23.5. The van der Waals surface area contributed by atoms with Crippen molar-refractivity contribution in [1.82, 2.24) is 0 Å². The predicted molar refractivity (Wildman–Crippen MR) is 52.3 cm³/mol.